The minimum Gasteiger partial charge on any atom is -0.466 e. The van der Waals surface area contributed by atoms with E-state index in [1.165, 1.54) is 20.1 Å². The summed E-state index contributed by atoms with van der Waals surface area (Å²) in [5, 5.41) is 0. The summed E-state index contributed by atoms with van der Waals surface area (Å²) < 4.78 is 10.8. The van der Waals surface area contributed by atoms with E-state index in [9.17, 15) is 14.4 Å². The van der Waals surface area contributed by atoms with Gasteiger partial charge in [-0.1, -0.05) is 31.6 Å². The molecule has 0 bridgehead atoms. The second-order valence-electron chi connectivity index (χ2n) is 10.6. The lowest BCUT2D eigenvalue weighted by atomic mass is 9.52. The summed E-state index contributed by atoms with van der Waals surface area (Å²) in [6.07, 6.45) is 14.2. The van der Waals surface area contributed by atoms with Gasteiger partial charge < -0.3 is 9.47 Å². The van der Waals surface area contributed by atoms with Crippen molar-refractivity contribution in [2.45, 2.75) is 65.9 Å². The standard InChI is InChI=1S/C27H36O5/c1-16(6-9-25(30)31-5)21-7-8-22-20-11-13-27(12-10-19(29)14-17(27)2)23(20)15-24(26(21,22)4)32-18(3)28/h6,9-10,12,14,16,20-24H,7-8,11,13,15H2,1-5H3. The van der Waals surface area contributed by atoms with Gasteiger partial charge in [0.25, 0.3) is 0 Å². The molecule has 32 heavy (non-hydrogen) atoms. The second kappa shape index (κ2) is 8.31. The largest absolute Gasteiger partial charge is 0.466 e. The Kier molecular flexibility index (Phi) is 5.98. The van der Waals surface area contributed by atoms with E-state index in [4.69, 9.17) is 9.47 Å². The first kappa shape index (κ1) is 23.0. The first-order valence-electron chi connectivity index (χ1n) is 12.0. The Morgan fingerprint density at radius 1 is 1.22 bits per heavy atom. The van der Waals surface area contributed by atoms with Crippen molar-refractivity contribution in [1.29, 1.82) is 0 Å². The number of hydrogen-bond donors (Lipinski definition) is 0. The molecular formula is C27H36O5. The van der Waals surface area contributed by atoms with E-state index in [0.29, 0.717) is 23.7 Å². The maximum Gasteiger partial charge on any atom is 0.330 e. The summed E-state index contributed by atoms with van der Waals surface area (Å²) in [4.78, 5) is 35.8. The summed E-state index contributed by atoms with van der Waals surface area (Å²) in [6.45, 7) is 8.07. The van der Waals surface area contributed by atoms with E-state index in [1.54, 1.807) is 12.2 Å². The summed E-state index contributed by atoms with van der Waals surface area (Å²) in [7, 11) is 1.39. The minimum atomic E-state index is -0.338. The van der Waals surface area contributed by atoms with Gasteiger partial charge in [0.2, 0.25) is 0 Å². The topological polar surface area (TPSA) is 69.7 Å². The molecule has 0 aromatic carbocycles. The molecule has 4 aliphatic carbocycles. The molecular weight excluding hydrogens is 404 g/mol. The number of allylic oxidation sites excluding steroid dienone is 5. The third-order valence-electron chi connectivity index (χ3n) is 9.45. The molecule has 3 saturated carbocycles. The molecule has 3 fully saturated rings. The van der Waals surface area contributed by atoms with Crippen LogP contribution in [0.1, 0.15) is 59.8 Å². The molecule has 0 N–H and O–H groups in total. The van der Waals surface area contributed by atoms with E-state index >= 15 is 0 Å². The van der Waals surface area contributed by atoms with Gasteiger partial charge in [-0.3, -0.25) is 9.59 Å². The van der Waals surface area contributed by atoms with Gasteiger partial charge in [0.05, 0.1) is 7.11 Å². The number of rotatable bonds is 4. The Bertz CT molecular complexity index is 898. The summed E-state index contributed by atoms with van der Waals surface area (Å²) in [5.74, 6) is 1.41. The van der Waals surface area contributed by atoms with E-state index in [1.807, 2.05) is 6.08 Å². The zero-order valence-electron chi connectivity index (χ0n) is 19.9. The quantitative estimate of drug-likeness (QED) is 0.463. The van der Waals surface area contributed by atoms with Crippen LogP contribution in [0, 0.1) is 40.4 Å². The molecule has 8 unspecified atom stereocenters. The molecule has 5 heteroatoms. The number of methoxy groups -OCH3 is 1. The van der Waals surface area contributed by atoms with Crippen LogP contribution in [0.25, 0.3) is 0 Å². The summed E-state index contributed by atoms with van der Waals surface area (Å²) in [5.41, 5.74) is 0.934. The van der Waals surface area contributed by atoms with Gasteiger partial charge in [0.15, 0.2) is 5.78 Å². The average molecular weight is 441 g/mol. The van der Waals surface area contributed by atoms with Crippen LogP contribution >= 0.6 is 0 Å². The van der Waals surface area contributed by atoms with E-state index in [0.717, 1.165) is 37.7 Å². The maximum atomic E-state index is 12.2. The van der Waals surface area contributed by atoms with E-state index < -0.39 is 0 Å². The molecule has 8 atom stereocenters. The van der Waals surface area contributed by atoms with Crippen LogP contribution < -0.4 is 0 Å². The Morgan fingerprint density at radius 2 is 1.97 bits per heavy atom. The molecule has 0 amide bonds. The van der Waals surface area contributed by atoms with Gasteiger partial charge in [-0.15, -0.1) is 0 Å². The molecule has 0 radical (unpaired) electrons. The number of carbonyl (C=O) groups excluding carboxylic acids is 3. The third-order valence-corrected chi connectivity index (χ3v) is 9.45. The Labute approximate surface area is 191 Å². The molecule has 0 aromatic heterocycles. The van der Waals surface area contributed by atoms with Gasteiger partial charge in [0, 0.05) is 23.8 Å². The van der Waals surface area contributed by atoms with Crippen molar-refractivity contribution in [3.63, 3.8) is 0 Å². The summed E-state index contributed by atoms with van der Waals surface area (Å²) in [6, 6.07) is 0. The lowest BCUT2D eigenvalue weighted by Gasteiger charge is -2.54. The van der Waals surface area contributed by atoms with Gasteiger partial charge >= 0.3 is 11.9 Å². The Hall–Kier alpha value is -2.17. The lowest BCUT2D eigenvalue weighted by molar-refractivity contribution is -0.172. The highest BCUT2D eigenvalue weighted by Gasteiger charge is 2.65. The highest BCUT2D eigenvalue weighted by atomic mass is 16.5. The third kappa shape index (κ3) is 3.48. The number of fused-ring (bicyclic) bond motifs is 4. The molecule has 174 valence electrons. The van der Waals surface area contributed by atoms with Crippen LogP contribution in [0.2, 0.25) is 0 Å². The lowest BCUT2D eigenvalue weighted by Crippen LogP contribution is -2.54. The van der Waals surface area contributed by atoms with Gasteiger partial charge in [-0.05, 0) is 80.8 Å². The summed E-state index contributed by atoms with van der Waals surface area (Å²) >= 11 is 0. The van der Waals surface area contributed by atoms with Gasteiger partial charge in [-0.25, -0.2) is 4.79 Å². The van der Waals surface area contributed by atoms with Crippen molar-refractivity contribution in [3.8, 4) is 0 Å². The van der Waals surface area contributed by atoms with Crippen molar-refractivity contribution >= 4 is 17.7 Å². The number of esters is 2. The van der Waals surface area contributed by atoms with Crippen LogP contribution in [0.15, 0.2) is 36.0 Å². The van der Waals surface area contributed by atoms with Crippen LogP contribution in [0.5, 0.6) is 0 Å². The SMILES string of the molecule is COC(=O)C=CC(C)C1CCC2C3CCC4(C=CC(=O)C=C4C)C3CC(OC(C)=O)C12C. The molecule has 1 spiro atoms. The number of hydrogen-bond acceptors (Lipinski definition) is 5. The number of ether oxygens (including phenoxy) is 2. The maximum absolute atomic E-state index is 12.2. The molecule has 4 aliphatic rings. The molecule has 0 aromatic rings. The van der Waals surface area contributed by atoms with Crippen molar-refractivity contribution < 1.29 is 23.9 Å². The highest BCUT2D eigenvalue weighted by molar-refractivity contribution is 6.01. The van der Waals surface area contributed by atoms with E-state index in [2.05, 4.69) is 26.8 Å². The zero-order valence-corrected chi connectivity index (χ0v) is 19.9. The Morgan fingerprint density at radius 3 is 2.62 bits per heavy atom. The predicted molar refractivity (Wildman–Crippen MR) is 121 cm³/mol. The van der Waals surface area contributed by atoms with E-state index in [-0.39, 0.29) is 40.6 Å². The molecule has 0 saturated heterocycles. The Balaban J connectivity index is 1.69. The van der Waals surface area contributed by atoms with Crippen molar-refractivity contribution in [2.75, 3.05) is 7.11 Å². The van der Waals surface area contributed by atoms with Crippen molar-refractivity contribution in [2.24, 2.45) is 40.4 Å². The fraction of sp³-hybridized carbons (Fsp3) is 0.667. The van der Waals surface area contributed by atoms with Crippen LogP contribution in [-0.2, 0) is 23.9 Å². The predicted octanol–water partition coefficient (Wildman–Crippen LogP) is 4.82. The molecule has 5 nitrogen and oxygen atoms in total. The number of ketones is 1. The number of carbonyl (C=O) groups is 3. The monoisotopic (exact) mass is 440 g/mol. The smallest absolute Gasteiger partial charge is 0.330 e. The van der Waals surface area contributed by atoms with Gasteiger partial charge in [-0.2, -0.15) is 0 Å². The fourth-order valence-electron chi connectivity index (χ4n) is 8.03. The van der Waals surface area contributed by atoms with Crippen molar-refractivity contribution in [1.82, 2.24) is 0 Å². The van der Waals surface area contributed by atoms with Crippen molar-refractivity contribution in [3.05, 3.63) is 36.0 Å². The molecule has 0 heterocycles. The van der Waals surface area contributed by atoms with Crippen LogP contribution in [0.4, 0.5) is 0 Å². The molecule has 0 aliphatic heterocycles. The zero-order chi connectivity index (χ0) is 23.3. The first-order valence-corrected chi connectivity index (χ1v) is 12.0. The highest BCUT2D eigenvalue weighted by Crippen LogP contribution is 2.69. The van der Waals surface area contributed by atoms with Crippen LogP contribution in [0.3, 0.4) is 0 Å². The first-order chi connectivity index (χ1) is 15.1. The van der Waals surface area contributed by atoms with Gasteiger partial charge in [0.1, 0.15) is 6.10 Å². The molecule has 4 rings (SSSR count). The normalized spacial score (nSPS) is 41.3. The van der Waals surface area contributed by atoms with Crippen LogP contribution in [-0.4, -0.2) is 30.9 Å². The fourth-order valence-corrected chi connectivity index (χ4v) is 8.03. The minimum absolute atomic E-state index is 0.0703. The average Bonchev–Trinajstić information content (AvgIpc) is 3.28. The second-order valence-corrected chi connectivity index (χ2v) is 10.6.